The van der Waals surface area contributed by atoms with E-state index in [4.69, 9.17) is 5.11 Å². The minimum absolute atomic E-state index is 0.243. The summed E-state index contributed by atoms with van der Waals surface area (Å²) in [6.07, 6.45) is -4.86. The molecule has 5 N–H and O–H groups in total. The van der Waals surface area contributed by atoms with Gasteiger partial charge in [-0.2, -0.15) is 5.10 Å². The first-order valence-electron chi connectivity index (χ1n) is 7.62. The number of rotatable bonds is 7. The average Bonchev–Trinajstić information content (AvgIpc) is 2.68. The molecule has 0 bridgehead atoms. The molecule has 0 heterocycles. The molecule has 2 aromatic rings. The summed E-state index contributed by atoms with van der Waals surface area (Å²) in [7, 11) is 0. The molecule has 25 heavy (non-hydrogen) atoms. The third-order valence-corrected chi connectivity index (χ3v) is 3.27. The van der Waals surface area contributed by atoms with Crippen molar-refractivity contribution in [2.24, 2.45) is 15.3 Å². The zero-order valence-electron chi connectivity index (χ0n) is 13.3. The van der Waals surface area contributed by atoms with Gasteiger partial charge in [0.1, 0.15) is 18.3 Å². The minimum Gasteiger partial charge on any atom is -0.394 e. The second kappa shape index (κ2) is 9.60. The van der Waals surface area contributed by atoms with Crippen LogP contribution in [-0.4, -0.2) is 51.2 Å². The Bertz CT molecular complexity index is 694. The van der Waals surface area contributed by atoms with Crippen LogP contribution in [0, 0.1) is 0 Å². The van der Waals surface area contributed by atoms with Gasteiger partial charge in [-0.15, -0.1) is 10.2 Å². The summed E-state index contributed by atoms with van der Waals surface area (Å²) in [6.45, 7) is -0.715. The molecule has 132 valence electrons. The molecular formula is C17H20N4O4. The topological polar surface area (TPSA) is 130 Å². The zero-order valence-corrected chi connectivity index (χ0v) is 13.3. The fourth-order valence-corrected chi connectivity index (χ4v) is 1.86. The maximum atomic E-state index is 10.2. The largest absolute Gasteiger partial charge is 0.394 e. The van der Waals surface area contributed by atoms with Gasteiger partial charge in [-0.1, -0.05) is 36.4 Å². The summed E-state index contributed by atoms with van der Waals surface area (Å²) >= 11 is 0. The lowest BCUT2D eigenvalue weighted by Gasteiger charge is -2.20. The van der Waals surface area contributed by atoms with E-state index in [-0.39, 0.29) is 5.84 Å². The Hall–Kier alpha value is -2.65. The Kier molecular flexibility index (Phi) is 7.17. The Morgan fingerprint density at radius 2 is 1.52 bits per heavy atom. The highest BCUT2D eigenvalue weighted by Crippen LogP contribution is 2.13. The molecule has 0 fully saturated rings. The van der Waals surface area contributed by atoms with E-state index in [1.165, 1.54) is 0 Å². The van der Waals surface area contributed by atoms with Crippen LogP contribution in [0.1, 0.15) is 0 Å². The predicted molar refractivity (Wildman–Crippen MR) is 93.6 cm³/mol. The molecule has 2 aromatic carbocycles. The van der Waals surface area contributed by atoms with Crippen molar-refractivity contribution in [2.75, 3.05) is 12.0 Å². The summed E-state index contributed by atoms with van der Waals surface area (Å²) in [5, 5.41) is 50.3. The Balaban J connectivity index is 2.22. The van der Waals surface area contributed by atoms with Crippen molar-refractivity contribution in [3.63, 3.8) is 0 Å². The number of hydrazone groups is 1. The van der Waals surface area contributed by atoms with Gasteiger partial charge in [0.25, 0.3) is 0 Å². The van der Waals surface area contributed by atoms with Crippen LogP contribution in [0.25, 0.3) is 0 Å². The van der Waals surface area contributed by atoms with Crippen LogP contribution in [0.15, 0.2) is 76.0 Å². The highest BCUT2D eigenvalue weighted by atomic mass is 16.4. The molecule has 0 aliphatic heterocycles. The quantitative estimate of drug-likeness (QED) is 0.223. The van der Waals surface area contributed by atoms with E-state index in [0.717, 1.165) is 0 Å². The molecule has 8 nitrogen and oxygen atoms in total. The number of amidine groups is 1. The summed E-state index contributed by atoms with van der Waals surface area (Å²) in [6, 6.07) is 17.7. The van der Waals surface area contributed by atoms with E-state index in [1.807, 2.05) is 12.1 Å². The molecular weight excluding hydrogens is 324 g/mol. The van der Waals surface area contributed by atoms with Gasteiger partial charge in [0.05, 0.1) is 18.0 Å². The van der Waals surface area contributed by atoms with Crippen molar-refractivity contribution in [2.45, 2.75) is 18.3 Å². The Morgan fingerprint density at radius 1 is 0.920 bits per heavy atom. The van der Waals surface area contributed by atoms with Gasteiger partial charge < -0.3 is 20.4 Å². The molecule has 2 rings (SSSR count). The lowest BCUT2D eigenvalue weighted by molar-refractivity contribution is -0.0557. The molecule has 3 atom stereocenters. The first-order valence-corrected chi connectivity index (χ1v) is 7.62. The van der Waals surface area contributed by atoms with Gasteiger partial charge >= 0.3 is 0 Å². The molecule has 0 aromatic heterocycles. The number of azo groups is 1. The molecule has 0 spiro atoms. The van der Waals surface area contributed by atoms with Crippen LogP contribution in [0.5, 0.6) is 0 Å². The Morgan fingerprint density at radius 3 is 2.12 bits per heavy atom. The second-order valence-corrected chi connectivity index (χ2v) is 5.17. The van der Waals surface area contributed by atoms with Crippen LogP contribution in [0.3, 0.4) is 0 Å². The number of anilines is 1. The van der Waals surface area contributed by atoms with Gasteiger partial charge in [-0.05, 0) is 24.3 Å². The van der Waals surface area contributed by atoms with Crippen LogP contribution in [-0.2, 0) is 0 Å². The second-order valence-electron chi connectivity index (χ2n) is 5.17. The predicted octanol–water partition coefficient (Wildman–Crippen LogP) is 1.27. The monoisotopic (exact) mass is 344 g/mol. The number of hydrogen-bond acceptors (Lipinski definition) is 7. The lowest BCUT2D eigenvalue weighted by Crippen LogP contribution is -2.43. The summed E-state index contributed by atoms with van der Waals surface area (Å²) < 4.78 is 0. The molecule has 0 aliphatic carbocycles. The number of nitrogens with one attached hydrogen (secondary N) is 1. The standard InChI is InChI=1S/C17H20N4O4/c22-11-14(23)15(24)16(25)17(20-18-12-7-3-1-4-8-12)21-19-13-9-5-2-6-10-13/h1-10,14-16,18,22-25H,11H2/b20-17+,21-19?/t14-,15+,16+/m0/s1. The first kappa shape index (κ1) is 18.7. The lowest BCUT2D eigenvalue weighted by atomic mass is 10.1. The Labute approximate surface area is 144 Å². The van der Waals surface area contributed by atoms with E-state index >= 15 is 0 Å². The third-order valence-electron chi connectivity index (χ3n) is 3.27. The van der Waals surface area contributed by atoms with Crippen molar-refractivity contribution in [1.29, 1.82) is 0 Å². The van der Waals surface area contributed by atoms with E-state index in [9.17, 15) is 15.3 Å². The molecule has 0 saturated heterocycles. The van der Waals surface area contributed by atoms with Crippen molar-refractivity contribution >= 4 is 17.2 Å². The normalized spacial score (nSPS) is 15.8. The molecule has 0 amide bonds. The van der Waals surface area contributed by atoms with Crippen LogP contribution in [0.4, 0.5) is 11.4 Å². The fraction of sp³-hybridized carbons (Fsp3) is 0.235. The molecule has 0 radical (unpaired) electrons. The van der Waals surface area contributed by atoms with Crippen LogP contribution >= 0.6 is 0 Å². The first-order chi connectivity index (χ1) is 12.1. The van der Waals surface area contributed by atoms with Gasteiger partial charge in [0, 0.05) is 0 Å². The van der Waals surface area contributed by atoms with E-state index < -0.39 is 24.9 Å². The fourth-order valence-electron chi connectivity index (χ4n) is 1.86. The summed E-state index contributed by atoms with van der Waals surface area (Å²) in [5.41, 5.74) is 3.86. The minimum atomic E-state index is -1.67. The van der Waals surface area contributed by atoms with Crippen LogP contribution in [0.2, 0.25) is 0 Å². The maximum Gasteiger partial charge on any atom is 0.202 e. The smallest absolute Gasteiger partial charge is 0.202 e. The number of hydrogen-bond donors (Lipinski definition) is 5. The average molecular weight is 344 g/mol. The van der Waals surface area contributed by atoms with Gasteiger partial charge in [0.2, 0.25) is 5.84 Å². The number of para-hydroxylation sites is 1. The van der Waals surface area contributed by atoms with Gasteiger partial charge in [0.15, 0.2) is 0 Å². The SMILES string of the molecule is OC[C@H](O)[C@@H](O)[C@@H](O)/C(N=Nc1ccccc1)=N\Nc1ccccc1. The molecule has 8 heteroatoms. The number of benzene rings is 2. The van der Waals surface area contributed by atoms with E-state index in [0.29, 0.717) is 11.4 Å². The molecule has 0 saturated carbocycles. The number of aliphatic hydroxyl groups is 4. The molecule has 0 aliphatic rings. The van der Waals surface area contributed by atoms with Gasteiger partial charge in [-0.25, -0.2) is 0 Å². The van der Waals surface area contributed by atoms with E-state index in [2.05, 4.69) is 20.8 Å². The van der Waals surface area contributed by atoms with Crippen LogP contribution < -0.4 is 5.43 Å². The van der Waals surface area contributed by atoms with Crippen molar-refractivity contribution in [3.8, 4) is 0 Å². The summed E-state index contributed by atoms with van der Waals surface area (Å²) in [4.78, 5) is 0. The number of aliphatic hydroxyl groups excluding tert-OH is 4. The van der Waals surface area contributed by atoms with Crippen molar-refractivity contribution in [3.05, 3.63) is 60.7 Å². The highest BCUT2D eigenvalue weighted by Gasteiger charge is 2.29. The summed E-state index contributed by atoms with van der Waals surface area (Å²) in [5.74, 6) is -0.243. The van der Waals surface area contributed by atoms with Gasteiger partial charge in [-0.3, -0.25) is 5.43 Å². The van der Waals surface area contributed by atoms with Crippen molar-refractivity contribution < 1.29 is 20.4 Å². The highest BCUT2D eigenvalue weighted by molar-refractivity contribution is 5.88. The number of nitrogens with zero attached hydrogens (tertiary/aromatic N) is 3. The zero-order chi connectivity index (χ0) is 18.1. The third kappa shape index (κ3) is 5.73. The molecule has 0 unspecified atom stereocenters. The maximum absolute atomic E-state index is 10.2. The van der Waals surface area contributed by atoms with Crippen molar-refractivity contribution in [1.82, 2.24) is 0 Å². The van der Waals surface area contributed by atoms with E-state index in [1.54, 1.807) is 48.5 Å².